The van der Waals surface area contributed by atoms with Gasteiger partial charge in [-0.05, 0) is 64.0 Å². The van der Waals surface area contributed by atoms with Crippen molar-refractivity contribution in [2.45, 2.75) is 64.0 Å². The fourth-order valence-electron chi connectivity index (χ4n) is 4.47. The number of fused-ring (bicyclic) bond motifs is 3. The van der Waals surface area contributed by atoms with Gasteiger partial charge in [0.1, 0.15) is 11.4 Å². The lowest BCUT2D eigenvalue weighted by atomic mass is 10.0. The number of amides is 1. The lowest BCUT2D eigenvalue weighted by Gasteiger charge is -2.34. The summed E-state index contributed by atoms with van der Waals surface area (Å²) in [6.07, 6.45) is 9.03. The number of anilines is 1. The van der Waals surface area contributed by atoms with Crippen molar-refractivity contribution in [3.05, 3.63) is 40.6 Å². The Hall–Kier alpha value is -3.16. The average molecular weight is 436 g/mol. The number of carbonyl (C=O) groups is 1. The van der Waals surface area contributed by atoms with E-state index >= 15 is 0 Å². The molecule has 2 N–H and O–H groups in total. The molecule has 1 saturated carbocycles. The average Bonchev–Trinajstić information content (AvgIpc) is 3.58. The van der Waals surface area contributed by atoms with E-state index in [1.54, 1.807) is 17.3 Å². The highest BCUT2D eigenvalue weighted by Crippen LogP contribution is 2.43. The number of hydrogen-bond acceptors (Lipinski definition) is 6. The van der Waals surface area contributed by atoms with Crippen LogP contribution >= 0.6 is 0 Å². The van der Waals surface area contributed by atoms with Gasteiger partial charge in [-0.15, -0.1) is 0 Å². The smallest absolute Gasteiger partial charge is 0.410 e. The van der Waals surface area contributed by atoms with Gasteiger partial charge in [0, 0.05) is 48.5 Å². The van der Waals surface area contributed by atoms with Gasteiger partial charge in [0.25, 0.3) is 5.56 Å². The first kappa shape index (κ1) is 20.7. The number of ether oxygens (including phenoxy) is 1. The highest BCUT2D eigenvalue weighted by molar-refractivity contribution is 6.10. The zero-order chi connectivity index (χ0) is 22.5. The van der Waals surface area contributed by atoms with Gasteiger partial charge in [-0.25, -0.2) is 9.78 Å². The Kier molecular flexibility index (Phi) is 5.03. The first-order chi connectivity index (χ1) is 15.3. The Balaban J connectivity index is 1.51. The van der Waals surface area contributed by atoms with Gasteiger partial charge in [-0.2, -0.15) is 0 Å². The molecule has 168 valence electrons. The van der Waals surface area contributed by atoms with Crippen LogP contribution in [0.25, 0.3) is 21.7 Å². The Morgan fingerprint density at radius 3 is 2.81 bits per heavy atom. The van der Waals surface area contributed by atoms with Crippen LogP contribution in [-0.2, 0) is 4.74 Å². The zero-order valence-electron chi connectivity index (χ0n) is 18.8. The van der Waals surface area contributed by atoms with E-state index in [1.165, 1.54) is 0 Å². The van der Waals surface area contributed by atoms with Crippen molar-refractivity contribution in [3.63, 3.8) is 0 Å². The molecule has 4 heterocycles. The van der Waals surface area contributed by atoms with Crippen molar-refractivity contribution in [2.75, 3.05) is 18.4 Å². The van der Waals surface area contributed by atoms with Crippen LogP contribution < -0.4 is 10.9 Å². The maximum Gasteiger partial charge on any atom is 0.410 e. The minimum atomic E-state index is -0.521. The highest BCUT2D eigenvalue weighted by Gasteiger charge is 2.30. The predicted molar refractivity (Wildman–Crippen MR) is 124 cm³/mol. The number of rotatable bonds is 3. The van der Waals surface area contributed by atoms with Crippen molar-refractivity contribution in [2.24, 2.45) is 0 Å². The maximum absolute atomic E-state index is 12.7. The molecule has 1 aliphatic heterocycles. The van der Waals surface area contributed by atoms with Crippen molar-refractivity contribution < 1.29 is 9.53 Å². The second kappa shape index (κ2) is 7.76. The number of H-pyrrole nitrogens is 1. The van der Waals surface area contributed by atoms with E-state index in [1.807, 2.05) is 33.0 Å². The van der Waals surface area contributed by atoms with Crippen LogP contribution in [0.15, 0.2) is 29.5 Å². The number of piperidine rings is 1. The number of carbonyl (C=O) groups excluding carboxylic acids is 1. The summed E-state index contributed by atoms with van der Waals surface area (Å²) in [5.74, 6) is 1.18. The van der Waals surface area contributed by atoms with E-state index in [4.69, 9.17) is 9.72 Å². The summed E-state index contributed by atoms with van der Waals surface area (Å²) in [6, 6.07) is 1.94. The molecule has 8 heteroatoms. The van der Waals surface area contributed by atoms with Gasteiger partial charge in [-0.1, -0.05) is 0 Å². The summed E-state index contributed by atoms with van der Waals surface area (Å²) in [5, 5.41) is 5.82. The van der Waals surface area contributed by atoms with E-state index in [0.717, 1.165) is 53.4 Å². The molecule has 1 aliphatic carbocycles. The maximum atomic E-state index is 12.7. The third-order valence-electron chi connectivity index (χ3n) is 6.10. The molecule has 8 nitrogen and oxygen atoms in total. The highest BCUT2D eigenvalue weighted by atomic mass is 16.6. The molecular weight excluding hydrogens is 406 g/mol. The summed E-state index contributed by atoms with van der Waals surface area (Å²) in [5.41, 5.74) is 1.18. The fraction of sp³-hybridized carbons (Fsp3) is 0.500. The Bertz CT molecular complexity index is 1240. The number of aromatic amines is 1. The Morgan fingerprint density at radius 2 is 2.06 bits per heavy atom. The molecule has 1 saturated heterocycles. The standard InChI is InChI=1S/C24H29N5O3/c1-24(2,3)32-23(31)29-10-4-5-15(13-29)27-21-16-8-9-25-11-18(16)19-20(28-21)17(14-6-7-14)12-26-22(19)30/h8-9,11-12,14-15H,4-7,10,13H2,1-3H3,(H,26,30)(H,27,28)/t15-/m0/s1. The number of likely N-dealkylation sites (tertiary alicyclic amines) is 1. The van der Waals surface area contributed by atoms with E-state index < -0.39 is 5.60 Å². The van der Waals surface area contributed by atoms with E-state index in [9.17, 15) is 9.59 Å². The topological polar surface area (TPSA) is 100 Å². The van der Waals surface area contributed by atoms with Gasteiger partial charge >= 0.3 is 6.09 Å². The third kappa shape index (κ3) is 4.01. The van der Waals surface area contributed by atoms with E-state index in [0.29, 0.717) is 24.4 Å². The van der Waals surface area contributed by atoms with Crippen molar-refractivity contribution >= 4 is 33.6 Å². The quantitative estimate of drug-likeness (QED) is 0.599. The van der Waals surface area contributed by atoms with Crippen molar-refractivity contribution in [1.82, 2.24) is 19.9 Å². The molecule has 3 aromatic heterocycles. The first-order valence-corrected chi connectivity index (χ1v) is 11.3. The van der Waals surface area contributed by atoms with Crippen LogP contribution in [0.2, 0.25) is 0 Å². The third-order valence-corrected chi connectivity index (χ3v) is 6.10. The number of hydrogen-bond donors (Lipinski definition) is 2. The van der Waals surface area contributed by atoms with Crippen LogP contribution in [0.1, 0.15) is 57.9 Å². The lowest BCUT2D eigenvalue weighted by molar-refractivity contribution is 0.0206. The number of aromatic nitrogens is 3. The van der Waals surface area contributed by atoms with Crippen molar-refractivity contribution in [3.8, 4) is 0 Å². The van der Waals surface area contributed by atoms with Crippen LogP contribution in [0, 0.1) is 0 Å². The van der Waals surface area contributed by atoms with Crippen molar-refractivity contribution in [1.29, 1.82) is 0 Å². The SMILES string of the molecule is CC(C)(C)OC(=O)N1CCC[C@H](Nc2nc3c(C4CC4)c[nH]c(=O)c3c3cnccc23)C1. The molecule has 2 aliphatic rings. The van der Waals surface area contributed by atoms with Gasteiger partial charge in [0.05, 0.1) is 10.9 Å². The molecule has 0 radical (unpaired) electrons. The van der Waals surface area contributed by atoms with Crippen LogP contribution in [0.3, 0.4) is 0 Å². The number of nitrogens with one attached hydrogen (secondary N) is 2. The molecule has 3 aromatic rings. The minimum absolute atomic E-state index is 0.0453. The van der Waals surface area contributed by atoms with Crippen LogP contribution in [0.4, 0.5) is 10.6 Å². The van der Waals surface area contributed by atoms with Crippen LogP contribution in [-0.4, -0.2) is 50.7 Å². The molecule has 0 aromatic carbocycles. The van der Waals surface area contributed by atoms with Crippen LogP contribution in [0.5, 0.6) is 0 Å². The van der Waals surface area contributed by atoms with E-state index in [-0.39, 0.29) is 17.7 Å². The first-order valence-electron chi connectivity index (χ1n) is 11.3. The minimum Gasteiger partial charge on any atom is -0.444 e. The number of nitrogens with zero attached hydrogens (tertiary/aromatic N) is 3. The molecule has 1 atom stereocenters. The van der Waals surface area contributed by atoms with Gasteiger partial charge in [0.15, 0.2) is 0 Å². The monoisotopic (exact) mass is 435 g/mol. The molecule has 0 unspecified atom stereocenters. The molecular formula is C24H29N5O3. The molecule has 1 amide bonds. The normalized spacial score (nSPS) is 19.3. The predicted octanol–water partition coefficient (Wildman–Crippen LogP) is 4.16. The van der Waals surface area contributed by atoms with Gasteiger partial charge < -0.3 is 19.9 Å². The zero-order valence-corrected chi connectivity index (χ0v) is 18.8. The molecule has 2 fully saturated rings. The fourth-order valence-corrected chi connectivity index (χ4v) is 4.47. The number of pyridine rings is 3. The Labute approximate surface area is 186 Å². The summed E-state index contributed by atoms with van der Waals surface area (Å²) in [7, 11) is 0. The summed E-state index contributed by atoms with van der Waals surface area (Å²) >= 11 is 0. The van der Waals surface area contributed by atoms with E-state index in [2.05, 4.69) is 15.3 Å². The summed E-state index contributed by atoms with van der Waals surface area (Å²) < 4.78 is 5.56. The molecule has 0 spiro atoms. The van der Waals surface area contributed by atoms with Gasteiger partial charge in [-0.3, -0.25) is 9.78 Å². The molecule has 5 rings (SSSR count). The Morgan fingerprint density at radius 1 is 1.25 bits per heavy atom. The second-order valence-corrected chi connectivity index (χ2v) is 9.86. The second-order valence-electron chi connectivity index (χ2n) is 9.86. The summed E-state index contributed by atoms with van der Waals surface area (Å²) in [4.78, 5) is 39.2. The van der Waals surface area contributed by atoms with Gasteiger partial charge in [0.2, 0.25) is 0 Å². The summed E-state index contributed by atoms with van der Waals surface area (Å²) in [6.45, 7) is 6.87. The largest absolute Gasteiger partial charge is 0.444 e. The lowest BCUT2D eigenvalue weighted by Crippen LogP contribution is -2.47. The molecule has 0 bridgehead atoms. The molecule has 32 heavy (non-hydrogen) atoms.